The maximum atomic E-state index is 11.9. The van der Waals surface area contributed by atoms with Gasteiger partial charge in [0.15, 0.2) is 0 Å². The van der Waals surface area contributed by atoms with Crippen LogP contribution in [0.25, 0.3) is 0 Å². The van der Waals surface area contributed by atoms with E-state index >= 15 is 0 Å². The van der Waals surface area contributed by atoms with E-state index in [4.69, 9.17) is 4.74 Å². The van der Waals surface area contributed by atoms with Gasteiger partial charge in [-0.3, -0.25) is 4.79 Å². The van der Waals surface area contributed by atoms with Crippen LogP contribution >= 0.6 is 15.9 Å². The third kappa shape index (κ3) is 5.67. The number of hydrogen-bond acceptors (Lipinski definition) is 3. The fraction of sp³-hybridized carbons (Fsp3) is 0.562. The smallest absolute Gasteiger partial charge is 0.223 e. The first-order valence-electron chi connectivity index (χ1n) is 7.43. The van der Waals surface area contributed by atoms with E-state index in [0.29, 0.717) is 13.0 Å². The molecule has 21 heavy (non-hydrogen) atoms. The third-order valence-corrected chi connectivity index (χ3v) is 4.41. The van der Waals surface area contributed by atoms with E-state index in [9.17, 15) is 4.79 Å². The van der Waals surface area contributed by atoms with Gasteiger partial charge in [-0.2, -0.15) is 0 Å². The molecule has 1 heterocycles. The molecule has 1 amide bonds. The van der Waals surface area contributed by atoms with Crippen LogP contribution in [0.1, 0.15) is 26.2 Å². The van der Waals surface area contributed by atoms with E-state index in [0.717, 1.165) is 42.7 Å². The van der Waals surface area contributed by atoms with E-state index in [1.807, 2.05) is 24.3 Å². The first-order chi connectivity index (χ1) is 10.1. The second-order valence-corrected chi connectivity index (χ2v) is 6.81. The van der Waals surface area contributed by atoms with E-state index in [1.165, 1.54) is 0 Å². The van der Waals surface area contributed by atoms with Crippen molar-refractivity contribution in [3.63, 3.8) is 0 Å². The molecule has 0 aromatic heterocycles. The topological polar surface area (TPSA) is 50.4 Å². The monoisotopic (exact) mass is 354 g/mol. The van der Waals surface area contributed by atoms with Crippen molar-refractivity contribution in [1.29, 1.82) is 0 Å². The normalized spacial score (nSPS) is 17.2. The Labute approximate surface area is 134 Å². The minimum Gasteiger partial charge on any atom is -0.493 e. The molecule has 1 aliphatic rings. The number of carbonyl (C=O) groups excluding carboxylic acids is 1. The van der Waals surface area contributed by atoms with Crippen LogP contribution in [0.5, 0.6) is 5.75 Å². The molecule has 0 atom stereocenters. The molecule has 0 spiro atoms. The number of amides is 1. The Kier molecular flexibility index (Phi) is 6.06. The molecule has 0 unspecified atom stereocenters. The van der Waals surface area contributed by atoms with Crippen molar-refractivity contribution in [1.82, 2.24) is 10.6 Å². The van der Waals surface area contributed by atoms with E-state index in [-0.39, 0.29) is 11.3 Å². The number of benzene rings is 1. The number of carbonyl (C=O) groups is 1. The summed E-state index contributed by atoms with van der Waals surface area (Å²) in [5.74, 6) is 0.840. The lowest BCUT2D eigenvalue weighted by Gasteiger charge is -2.34. The lowest BCUT2D eigenvalue weighted by molar-refractivity contribution is -0.122. The second kappa shape index (κ2) is 7.80. The van der Waals surface area contributed by atoms with Crippen LogP contribution in [0.4, 0.5) is 0 Å². The molecule has 1 aliphatic heterocycles. The molecule has 5 heteroatoms. The van der Waals surface area contributed by atoms with Crippen molar-refractivity contribution < 1.29 is 9.53 Å². The van der Waals surface area contributed by atoms with Crippen LogP contribution in [-0.2, 0) is 4.79 Å². The molecule has 1 saturated heterocycles. The minimum absolute atomic E-state index is 0.0600. The number of hydrogen-bond donors (Lipinski definition) is 2. The van der Waals surface area contributed by atoms with Gasteiger partial charge in [0.05, 0.1) is 13.0 Å². The Bertz CT molecular complexity index is 473. The summed E-state index contributed by atoms with van der Waals surface area (Å²) >= 11 is 3.39. The zero-order valence-corrected chi connectivity index (χ0v) is 14.0. The lowest BCUT2D eigenvalue weighted by Crippen LogP contribution is -2.43. The van der Waals surface area contributed by atoms with Crippen LogP contribution < -0.4 is 15.4 Å². The molecular weight excluding hydrogens is 332 g/mol. The Hall–Kier alpha value is -1.07. The highest BCUT2D eigenvalue weighted by molar-refractivity contribution is 9.10. The minimum atomic E-state index is 0.0600. The predicted octanol–water partition coefficient (Wildman–Crippen LogP) is 2.72. The molecule has 0 radical (unpaired) electrons. The third-order valence-electron chi connectivity index (χ3n) is 3.92. The summed E-state index contributed by atoms with van der Waals surface area (Å²) in [5, 5.41) is 6.38. The first kappa shape index (κ1) is 16.3. The zero-order valence-electron chi connectivity index (χ0n) is 12.5. The standard InChI is InChI=1S/C16H23BrN2O2/c1-16(6-8-18-9-7-16)12-19-15(20)5-10-21-14-4-2-3-13(17)11-14/h2-4,11,18H,5-10,12H2,1H3,(H,19,20). The van der Waals surface area contributed by atoms with Gasteiger partial charge in [0.2, 0.25) is 5.91 Å². The second-order valence-electron chi connectivity index (χ2n) is 5.89. The van der Waals surface area contributed by atoms with Crippen molar-refractivity contribution in [3.8, 4) is 5.75 Å². The van der Waals surface area contributed by atoms with Crippen LogP contribution in [0, 0.1) is 5.41 Å². The Morgan fingerprint density at radius 3 is 2.90 bits per heavy atom. The molecule has 2 N–H and O–H groups in total. The summed E-state index contributed by atoms with van der Waals surface area (Å²) in [4.78, 5) is 11.9. The van der Waals surface area contributed by atoms with Gasteiger partial charge >= 0.3 is 0 Å². The van der Waals surface area contributed by atoms with Gasteiger partial charge in [-0.05, 0) is 49.5 Å². The molecule has 0 saturated carbocycles. The summed E-state index contributed by atoms with van der Waals surface area (Å²) in [6.45, 7) is 5.48. The molecule has 0 aliphatic carbocycles. The molecule has 4 nitrogen and oxygen atoms in total. The highest BCUT2D eigenvalue weighted by atomic mass is 79.9. The van der Waals surface area contributed by atoms with Gasteiger partial charge in [0, 0.05) is 11.0 Å². The zero-order chi connectivity index (χ0) is 15.1. The lowest BCUT2D eigenvalue weighted by atomic mass is 9.81. The van der Waals surface area contributed by atoms with Crippen molar-refractivity contribution >= 4 is 21.8 Å². The average Bonchev–Trinajstić information content (AvgIpc) is 2.46. The van der Waals surface area contributed by atoms with Gasteiger partial charge in [-0.15, -0.1) is 0 Å². The number of rotatable bonds is 6. The molecule has 1 aromatic rings. The van der Waals surface area contributed by atoms with Crippen molar-refractivity contribution in [3.05, 3.63) is 28.7 Å². The first-order valence-corrected chi connectivity index (χ1v) is 8.23. The van der Waals surface area contributed by atoms with E-state index < -0.39 is 0 Å². The highest BCUT2D eigenvalue weighted by Crippen LogP contribution is 2.26. The molecule has 2 rings (SSSR count). The van der Waals surface area contributed by atoms with Gasteiger partial charge in [-0.1, -0.05) is 28.9 Å². The molecule has 116 valence electrons. The van der Waals surface area contributed by atoms with Crippen molar-refractivity contribution in [2.45, 2.75) is 26.2 Å². The highest BCUT2D eigenvalue weighted by Gasteiger charge is 2.26. The summed E-state index contributed by atoms with van der Waals surface area (Å²) in [6.07, 6.45) is 2.62. The maximum Gasteiger partial charge on any atom is 0.223 e. The summed E-state index contributed by atoms with van der Waals surface area (Å²) in [5.41, 5.74) is 0.228. The molecule has 1 aromatic carbocycles. The summed E-state index contributed by atoms with van der Waals surface area (Å²) in [7, 11) is 0. The molecule has 0 bridgehead atoms. The number of piperidine rings is 1. The fourth-order valence-electron chi connectivity index (χ4n) is 2.43. The Balaban J connectivity index is 1.65. The van der Waals surface area contributed by atoms with Gasteiger partial charge in [0.1, 0.15) is 5.75 Å². The molecular formula is C16H23BrN2O2. The SMILES string of the molecule is CC1(CNC(=O)CCOc2cccc(Br)c2)CCNCC1. The molecule has 1 fully saturated rings. The summed E-state index contributed by atoms with van der Waals surface area (Å²) in [6, 6.07) is 7.64. The van der Waals surface area contributed by atoms with Crippen LogP contribution in [-0.4, -0.2) is 32.1 Å². The Morgan fingerprint density at radius 1 is 1.43 bits per heavy atom. The number of halogens is 1. The number of nitrogens with one attached hydrogen (secondary N) is 2. The van der Waals surface area contributed by atoms with Crippen LogP contribution in [0.3, 0.4) is 0 Å². The van der Waals surface area contributed by atoms with Gasteiger partial charge in [-0.25, -0.2) is 0 Å². The van der Waals surface area contributed by atoms with E-state index in [2.05, 4.69) is 33.5 Å². The van der Waals surface area contributed by atoms with Crippen molar-refractivity contribution in [2.75, 3.05) is 26.2 Å². The average molecular weight is 355 g/mol. The maximum absolute atomic E-state index is 11.9. The van der Waals surface area contributed by atoms with Gasteiger partial charge in [0.25, 0.3) is 0 Å². The largest absolute Gasteiger partial charge is 0.493 e. The summed E-state index contributed by atoms with van der Waals surface area (Å²) < 4.78 is 6.55. The fourth-order valence-corrected chi connectivity index (χ4v) is 2.80. The van der Waals surface area contributed by atoms with E-state index in [1.54, 1.807) is 0 Å². The predicted molar refractivity (Wildman–Crippen MR) is 87.5 cm³/mol. The van der Waals surface area contributed by atoms with Gasteiger partial charge < -0.3 is 15.4 Å². The van der Waals surface area contributed by atoms with Crippen molar-refractivity contribution in [2.24, 2.45) is 5.41 Å². The quantitative estimate of drug-likeness (QED) is 0.825. The van der Waals surface area contributed by atoms with Crippen LogP contribution in [0.2, 0.25) is 0 Å². The van der Waals surface area contributed by atoms with Crippen LogP contribution in [0.15, 0.2) is 28.7 Å². The Morgan fingerprint density at radius 2 is 2.19 bits per heavy atom. The number of ether oxygens (including phenoxy) is 1.